The Hall–Kier alpha value is -1.51. The van der Waals surface area contributed by atoms with Crippen molar-refractivity contribution in [1.29, 1.82) is 5.41 Å². The van der Waals surface area contributed by atoms with Gasteiger partial charge in [0.15, 0.2) is 5.96 Å². The summed E-state index contributed by atoms with van der Waals surface area (Å²) in [6, 6.07) is 10.8. The summed E-state index contributed by atoms with van der Waals surface area (Å²) in [5, 5.41) is 8.12. The largest absolute Gasteiger partial charge is 0.338 e. The van der Waals surface area contributed by atoms with Crippen LogP contribution in [0.25, 0.3) is 0 Å². The zero-order valence-corrected chi connectivity index (χ0v) is 8.69. The molecule has 15 heavy (non-hydrogen) atoms. The average molecular weight is 201 g/mol. The zero-order chi connectivity index (χ0) is 10.3. The first kappa shape index (κ1) is 8.77. The Balaban J connectivity index is 1.88. The maximum atomic E-state index is 8.12. The fraction of sp³-hybridized carbons (Fsp3) is 0.417. The van der Waals surface area contributed by atoms with E-state index in [1.54, 1.807) is 0 Å². The molecule has 1 atom stereocenters. The van der Waals surface area contributed by atoms with E-state index in [4.69, 9.17) is 5.41 Å². The topological polar surface area (TPSA) is 30.3 Å². The SMILES string of the molecule is N=C1N(c2ccccc2)C[C@@H]2CCCN12. The first-order valence-electron chi connectivity index (χ1n) is 5.54. The quantitative estimate of drug-likeness (QED) is 0.752. The number of fused-ring (bicyclic) bond motifs is 1. The third-order valence-electron chi connectivity index (χ3n) is 3.37. The molecular weight excluding hydrogens is 186 g/mol. The van der Waals surface area contributed by atoms with Crippen LogP contribution in [-0.4, -0.2) is 30.0 Å². The smallest absolute Gasteiger partial charge is 0.198 e. The molecule has 2 aliphatic rings. The predicted molar refractivity (Wildman–Crippen MR) is 61.2 cm³/mol. The van der Waals surface area contributed by atoms with E-state index in [1.807, 2.05) is 18.2 Å². The van der Waals surface area contributed by atoms with Crippen molar-refractivity contribution in [2.75, 3.05) is 18.0 Å². The third-order valence-corrected chi connectivity index (χ3v) is 3.37. The molecule has 2 saturated heterocycles. The highest BCUT2D eigenvalue weighted by Crippen LogP contribution is 2.29. The second-order valence-electron chi connectivity index (χ2n) is 4.26. The fourth-order valence-electron chi connectivity index (χ4n) is 2.59. The summed E-state index contributed by atoms with van der Waals surface area (Å²) >= 11 is 0. The molecule has 1 aromatic rings. The fourth-order valence-corrected chi connectivity index (χ4v) is 2.59. The van der Waals surface area contributed by atoms with Crippen LogP contribution in [0.15, 0.2) is 30.3 Å². The molecule has 3 rings (SSSR count). The highest BCUT2D eigenvalue weighted by Gasteiger charge is 2.37. The van der Waals surface area contributed by atoms with Crippen LogP contribution in [-0.2, 0) is 0 Å². The Labute approximate surface area is 89.8 Å². The molecule has 0 unspecified atom stereocenters. The lowest BCUT2D eigenvalue weighted by Crippen LogP contribution is -2.32. The van der Waals surface area contributed by atoms with Gasteiger partial charge >= 0.3 is 0 Å². The van der Waals surface area contributed by atoms with E-state index in [1.165, 1.54) is 12.8 Å². The van der Waals surface area contributed by atoms with E-state index in [0.717, 1.165) is 18.8 Å². The number of hydrogen-bond donors (Lipinski definition) is 1. The Morgan fingerprint density at radius 2 is 2.00 bits per heavy atom. The maximum Gasteiger partial charge on any atom is 0.198 e. The van der Waals surface area contributed by atoms with E-state index < -0.39 is 0 Å². The van der Waals surface area contributed by atoms with Gasteiger partial charge in [-0.05, 0) is 25.0 Å². The lowest BCUT2D eigenvalue weighted by molar-refractivity contribution is 0.436. The Morgan fingerprint density at radius 1 is 1.20 bits per heavy atom. The molecular formula is C12H15N3. The monoisotopic (exact) mass is 201 g/mol. The van der Waals surface area contributed by atoms with Crippen LogP contribution in [0, 0.1) is 5.41 Å². The first-order valence-corrected chi connectivity index (χ1v) is 5.54. The molecule has 3 nitrogen and oxygen atoms in total. The number of benzene rings is 1. The number of hydrogen-bond acceptors (Lipinski definition) is 1. The number of nitrogens with zero attached hydrogens (tertiary/aromatic N) is 2. The van der Waals surface area contributed by atoms with Gasteiger partial charge < -0.3 is 9.80 Å². The van der Waals surface area contributed by atoms with Gasteiger partial charge in [0.25, 0.3) is 0 Å². The number of anilines is 1. The van der Waals surface area contributed by atoms with Gasteiger partial charge in [-0.25, -0.2) is 0 Å². The molecule has 2 aliphatic heterocycles. The summed E-state index contributed by atoms with van der Waals surface area (Å²) in [5.74, 6) is 0.684. The number of rotatable bonds is 1. The van der Waals surface area contributed by atoms with E-state index in [9.17, 15) is 0 Å². The summed E-state index contributed by atoms with van der Waals surface area (Å²) < 4.78 is 0. The molecule has 78 valence electrons. The second-order valence-corrected chi connectivity index (χ2v) is 4.26. The van der Waals surface area contributed by atoms with Crippen molar-refractivity contribution in [3.05, 3.63) is 30.3 Å². The van der Waals surface area contributed by atoms with Crippen LogP contribution in [0.3, 0.4) is 0 Å². The van der Waals surface area contributed by atoms with Gasteiger partial charge in [0.05, 0.1) is 0 Å². The summed E-state index contributed by atoms with van der Waals surface area (Å²) in [7, 11) is 0. The van der Waals surface area contributed by atoms with E-state index in [0.29, 0.717) is 12.0 Å². The maximum absolute atomic E-state index is 8.12. The number of nitrogens with one attached hydrogen (secondary N) is 1. The highest BCUT2D eigenvalue weighted by atomic mass is 15.4. The van der Waals surface area contributed by atoms with Crippen LogP contribution < -0.4 is 4.90 Å². The van der Waals surface area contributed by atoms with Gasteiger partial charge in [0.1, 0.15) is 0 Å². The molecule has 1 N–H and O–H groups in total. The van der Waals surface area contributed by atoms with Crippen molar-refractivity contribution in [3.8, 4) is 0 Å². The number of para-hydroxylation sites is 1. The van der Waals surface area contributed by atoms with Crippen molar-refractivity contribution in [3.63, 3.8) is 0 Å². The van der Waals surface area contributed by atoms with Gasteiger partial charge in [0.2, 0.25) is 0 Å². The normalized spacial score (nSPS) is 24.8. The molecule has 0 radical (unpaired) electrons. The van der Waals surface area contributed by atoms with Crippen molar-refractivity contribution < 1.29 is 0 Å². The van der Waals surface area contributed by atoms with E-state index in [-0.39, 0.29) is 0 Å². The van der Waals surface area contributed by atoms with Crippen molar-refractivity contribution >= 4 is 11.6 Å². The minimum atomic E-state index is 0.581. The van der Waals surface area contributed by atoms with Crippen molar-refractivity contribution in [2.24, 2.45) is 0 Å². The van der Waals surface area contributed by atoms with Gasteiger partial charge in [-0.2, -0.15) is 0 Å². The van der Waals surface area contributed by atoms with Gasteiger partial charge in [0, 0.05) is 24.8 Å². The van der Waals surface area contributed by atoms with Crippen LogP contribution in [0.5, 0.6) is 0 Å². The minimum absolute atomic E-state index is 0.581. The molecule has 3 heteroatoms. The van der Waals surface area contributed by atoms with Crippen LogP contribution in [0.2, 0.25) is 0 Å². The molecule has 0 aromatic heterocycles. The predicted octanol–water partition coefficient (Wildman–Crippen LogP) is 1.91. The van der Waals surface area contributed by atoms with Gasteiger partial charge in [-0.1, -0.05) is 18.2 Å². The van der Waals surface area contributed by atoms with E-state index >= 15 is 0 Å². The Kier molecular flexibility index (Phi) is 1.91. The zero-order valence-electron chi connectivity index (χ0n) is 8.69. The summed E-state index contributed by atoms with van der Waals surface area (Å²) in [5.41, 5.74) is 1.15. The lowest BCUT2D eigenvalue weighted by atomic mass is 10.2. The molecule has 1 aromatic carbocycles. The lowest BCUT2D eigenvalue weighted by Gasteiger charge is -2.20. The third kappa shape index (κ3) is 1.30. The highest BCUT2D eigenvalue weighted by molar-refractivity contribution is 5.96. The molecule has 2 heterocycles. The molecule has 0 saturated carbocycles. The Morgan fingerprint density at radius 3 is 2.73 bits per heavy atom. The van der Waals surface area contributed by atoms with E-state index in [2.05, 4.69) is 21.9 Å². The van der Waals surface area contributed by atoms with Crippen LogP contribution in [0.4, 0.5) is 5.69 Å². The van der Waals surface area contributed by atoms with Gasteiger partial charge in [-0.15, -0.1) is 0 Å². The molecule has 0 bridgehead atoms. The summed E-state index contributed by atoms with van der Waals surface area (Å²) in [4.78, 5) is 4.34. The Bertz CT molecular complexity index is 374. The van der Waals surface area contributed by atoms with Crippen LogP contribution >= 0.6 is 0 Å². The number of guanidine groups is 1. The van der Waals surface area contributed by atoms with Crippen molar-refractivity contribution in [2.45, 2.75) is 18.9 Å². The van der Waals surface area contributed by atoms with Crippen LogP contribution in [0.1, 0.15) is 12.8 Å². The van der Waals surface area contributed by atoms with Crippen molar-refractivity contribution in [1.82, 2.24) is 4.90 Å². The molecule has 2 fully saturated rings. The standard InChI is InChI=1S/C12H15N3/c13-12-14-8-4-7-11(14)9-15(12)10-5-2-1-3-6-10/h1-3,5-6,11,13H,4,7-9H2/t11-/m0/s1. The summed E-state index contributed by atoms with van der Waals surface area (Å²) in [6.45, 7) is 2.05. The molecule has 0 aliphatic carbocycles. The molecule has 0 spiro atoms. The first-order chi connectivity index (χ1) is 7.36. The second kappa shape index (κ2) is 3.26. The molecule has 0 amide bonds. The average Bonchev–Trinajstić information content (AvgIpc) is 2.83. The van der Waals surface area contributed by atoms with Gasteiger partial charge in [-0.3, -0.25) is 5.41 Å². The minimum Gasteiger partial charge on any atom is -0.338 e. The summed E-state index contributed by atoms with van der Waals surface area (Å²) in [6.07, 6.45) is 2.49.